The van der Waals surface area contributed by atoms with Crippen LogP contribution in [0.25, 0.3) is 93.9 Å². The van der Waals surface area contributed by atoms with Crippen LogP contribution in [0.1, 0.15) is 49.9 Å². The first-order valence-electron chi connectivity index (χ1n) is 24.2. The van der Waals surface area contributed by atoms with E-state index in [1.165, 1.54) is 83.0 Å². The van der Waals surface area contributed by atoms with Gasteiger partial charge in [-0.05, 0) is 134 Å². The van der Waals surface area contributed by atoms with Gasteiger partial charge in [-0.1, -0.05) is 173 Å². The summed E-state index contributed by atoms with van der Waals surface area (Å²) in [7, 11) is 0. The molecular weight excluding hydrogens is 837 g/mol. The average Bonchev–Trinajstić information content (AvgIpc) is 4.07. The van der Waals surface area contributed by atoms with E-state index in [2.05, 4.69) is 249 Å². The zero-order valence-electron chi connectivity index (χ0n) is 39.1. The van der Waals surface area contributed by atoms with Crippen LogP contribution in [0.15, 0.2) is 223 Å². The van der Waals surface area contributed by atoms with Crippen molar-refractivity contribution >= 4 is 60.8 Å². The first-order valence-corrected chi connectivity index (χ1v) is 24.2. The molecule has 3 heteroatoms. The number of rotatable bonds is 6. The van der Waals surface area contributed by atoms with Crippen LogP contribution >= 0.6 is 0 Å². The summed E-state index contributed by atoms with van der Waals surface area (Å²) in [5, 5.41) is 4.84. The Kier molecular flexibility index (Phi) is 8.38. The summed E-state index contributed by atoms with van der Waals surface area (Å²) in [6, 6.07) is 80.6. The van der Waals surface area contributed by atoms with Crippen molar-refractivity contribution in [1.82, 2.24) is 4.57 Å². The molecule has 0 fully saturated rings. The molecule has 0 radical (unpaired) electrons. The van der Waals surface area contributed by atoms with E-state index in [4.69, 9.17) is 4.42 Å². The van der Waals surface area contributed by atoms with Gasteiger partial charge in [0, 0.05) is 60.7 Å². The second-order valence-corrected chi connectivity index (χ2v) is 20.1. The maximum atomic E-state index is 6.53. The van der Waals surface area contributed by atoms with Gasteiger partial charge in [-0.15, -0.1) is 0 Å². The number of para-hydroxylation sites is 4. The van der Waals surface area contributed by atoms with E-state index in [9.17, 15) is 0 Å². The fourth-order valence-electron chi connectivity index (χ4n) is 12.1. The van der Waals surface area contributed by atoms with E-state index in [-0.39, 0.29) is 10.8 Å². The van der Waals surface area contributed by atoms with Crippen LogP contribution in [0.2, 0.25) is 0 Å². The third-order valence-corrected chi connectivity index (χ3v) is 15.6. The highest BCUT2D eigenvalue weighted by Crippen LogP contribution is 2.54. The summed E-state index contributed by atoms with van der Waals surface area (Å²) >= 11 is 0. The standard InChI is InChI=1S/C66H48N2O/c1-65(2)57-20-9-5-14-49(57)51-36-33-46(39-59(51)65)67(44-29-24-41(25-30-44)42-26-31-45(32-27-42)68-61-21-10-6-15-53(61)54-16-7-11-22-62(54)68)47-34-37-52-50-35-28-43(38-58(50)66(3,4)60(52)40-47)48-18-13-19-56-55-17-8-12-23-63(55)69-64(48)56/h5-40H,1-4H3. The Hall–Kier alpha value is -8.40. The molecule has 0 N–H and O–H groups in total. The summed E-state index contributed by atoms with van der Waals surface area (Å²) in [4.78, 5) is 2.46. The molecule has 0 spiro atoms. The van der Waals surface area contributed by atoms with Crippen molar-refractivity contribution in [3.63, 3.8) is 0 Å². The first kappa shape index (κ1) is 39.7. The molecule has 12 aromatic rings. The van der Waals surface area contributed by atoms with Crippen LogP contribution in [0.5, 0.6) is 0 Å². The van der Waals surface area contributed by atoms with Crippen molar-refractivity contribution in [1.29, 1.82) is 0 Å². The van der Waals surface area contributed by atoms with Crippen molar-refractivity contribution in [2.24, 2.45) is 0 Å². The highest BCUT2D eigenvalue weighted by atomic mass is 16.3. The summed E-state index contributed by atoms with van der Waals surface area (Å²) < 4.78 is 8.91. The lowest BCUT2D eigenvalue weighted by atomic mass is 9.81. The minimum absolute atomic E-state index is 0.130. The van der Waals surface area contributed by atoms with Crippen LogP contribution in [0, 0.1) is 0 Å². The van der Waals surface area contributed by atoms with Gasteiger partial charge in [-0.3, -0.25) is 0 Å². The Morgan fingerprint density at radius 2 is 0.812 bits per heavy atom. The Bertz CT molecular complexity index is 4010. The average molecular weight is 885 g/mol. The molecule has 0 bridgehead atoms. The second-order valence-electron chi connectivity index (χ2n) is 20.1. The van der Waals surface area contributed by atoms with Crippen LogP contribution < -0.4 is 4.90 Å². The number of furan rings is 1. The van der Waals surface area contributed by atoms with E-state index < -0.39 is 0 Å². The molecule has 2 aliphatic rings. The number of anilines is 3. The molecule has 10 aromatic carbocycles. The van der Waals surface area contributed by atoms with Gasteiger partial charge in [-0.25, -0.2) is 0 Å². The molecule has 14 rings (SSSR count). The van der Waals surface area contributed by atoms with E-state index in [0.29, 0.717) is 0 Å². The Labute approximate surface area is 402 Å². The van der Waals surface area contributed by atoms with Gasteiger partial charge in [0.1, 0.15) is 11.2 Å². The van der Waals surface area contributed by atoms with Crippen molar-refractivity contribution in [3.05, 3.63) is 241 Å². The summed E-state index contributed by atoms with van der Waals surface area (Å²) in [6.07, 6.45) is 0. The Morgan fingerprint density at radius 1 is 0.348 bits per heavy atom. The van der Waals surface area contributed by atoms with Gasteiger partial charge < -0.3 is 13.9 Å². The quantitative estimate of drug-likeness (QED) is 0.166. The first-order chi connectivity index (χ1) is 33.7. The molecule has 328 valence electrons. The smallest absolute Gasteiger partial charge is 0.143 e. The lowest BCUT2D eigenvalue weighted by Crippen LogP contribution is -2.18. The van der Waals surface area contributed by atoms with Crippen molar-refractivity contribution in [2.75, 3.05) is 4.90 Å². The van der Waals surface area contributed by atoms with E-state index in [1.807, 2.05) is 6.07 Å². The Morgan fingerprint density at radius 3 is 1.48 bits per heavy atom. The molecule has 2 aromatic heterocycles. The lowest BCUT2D eigenvalue weighted by Gasteiger charge is -2.30. The molecule has 3 nitrogen and oxygen atoms in total. The zero-order valence-corrected chi connectivity index (χ0v) is 39.1. The molecule has 0 amide bonds. The summed E-state index contributed by atoms with van der Waals surface area (Å²) in [6.45, 7) is 9.50. The lowest BCUT2D eigenvalue weighted by molar-refractivity contribution is 0.659. The molecule has 69 heavy (non-hydrogen) atoms. The monoisotopic (exact) mass is 884 g/mol. The number of benzene rings is 10. The number of aromatic nitrogens is 1. The third-order valence-electron chi connectivity index (χ3n) is 15.6. The second kappa shape index (κ2) is 14.6. The molecule has 2 aliphatic carbocycles. The topological polar surface area (TPSA) is 21.3 Å². The number of nitrogens with zero attached hydrogens (tertiary/aromatic N) is 2. The fraction of sp³-hybridized carbons (Fsp3) is 0.0909. The molecule has 2 heterocycles. The molecule has 0 unspecified atom stereocenters. The molecule has 0 saturated carbocycles. The van der Waals surface area contributed by atoms with Crippen LogP contribution in [0.3, 0.4) is 0 Å². The number of hydrogen-bond donors (Lipinski definition) is 0. The predicted octanol–water partition coefficient (Wildman–Crippen LogP) is 18.1. The van der Waals surface area contributed by atoms with Crippen molar-refractivity contribution in [3.8, 4) is 50.2 Å². The van der Waals surface area contributed by atoms with Crippen LogP contribution in [-0.2, 0) is 10.8 Å². The largest absolute Gasteiger partial charge is 0.455 e. The van der Waals surface area contributed by atoms with Gasteiger partial charge in [0.15, 0.2) is 0 Å². The van der Waals surface area contributed by atoms with Gasteiger partial charge in [-0.2, -0.15) is 0 Å². The maximum absolute atomic E-state index is 6.53. The molecule has 0 atom stereocenters. The minimum atomic E-state index is -0.249. The minimum Gasteiger partial charge on any atom is -0.455 e. The summed E-state index contributed by atoms with van der Waals surface area (Å²) in [5.74, 6) is 0. The normalized spacial score (nSPS) is 14.0. The van der Waals surface area contributed by atoms with Gasteiger partial charge in [0.05, 0.1) is 11.0 Å². The fourth-order valence-corrected chi connectivity index (χ4v) is 12.1. The predicted molar refractivity (Wildman–Crippen MR) is 289 cm³/mol. The van der Waals surface area contributed by atoms with Crippen molar-refractivity contribution in [2.45, 2.75) is 38.5 Å². The van der Waals surface area contributed by atoms with Crippen molar-refractivity contribution < 1.29 is 4.42 Å². The maximum Gasteiger partial charge on any atom is 0.143 e. The third kappa shape index (κ3) is 5.80. The van der Waals surface area contributed by atoms with E-state index >= 15 is 0 Å². The molecule has 0 saturated heterocycles. The van der Waals surface area contributed by atoms with E-state index in [1.54, 1.807) is 0 Å². The Balaban J connectivity index is 0.856. The number of fused-ring (bicyclic) bond motifs is 12. The van der Waals surface area contributed by atoms with Gasteiger partial charge >= 0.3 is 0 Å². The highest BCUT2D eigenvalue weighted by molar-refractivity contribution is 6.10. The van der Waals surface area contributed by atoms with E-state index in [0.717, 1.165) is 50.3 Å². The van der Waals surface area contributed by atoms with Gasteiger partial charge in [0.25, 0.3) is 0 Å². The number of hydrogen-bond acceptors (Lipinski definition) is 2. The zero-order chi connectivity index (χ0) is 46.2. The van der Waals surface area contributed by atoms with Crippen LogP contribution in [0.4, 0.5) is 17.1 Å². The molecule has 0 aliphatic heterocycles. The van der Waals surface area contributed by atoms with Crippen LogP contribution in [-0.4, -0.2) is 4.57 Å². The molecular formula is C66H48N2O. The summed E-state index contributed by atoms with van der Waals surface area (Å²) in [5.41, 5.74) is 23.7. The SMILES string of the molecule is CC1(C)c2ccccc2-c2ccc(N(c3ccc(-c4ccc(-n5c6ccccc6c6ccccc65)cc4)cc3)c3ccc4c(c3)C(C)(C)c3cc(-c5cccc6c5oc5ccccc56)ccc3-4)cc21. The highest BCUT2D eigenvalue weighted by Gasteiger charge is 2.38. The van der Waals surface area contributed by atoms with Gasteiger partial charge in [0.2, 0.25) is 0 Å².